The molecule has 0 fully saturated rings. The number of hydrogen-bond donors (Lipinski definition) is 2. The Kier molecular flexibility index (Phi) is 5.69. The molecule has 94 valence electrons. The van der Waals surface area contributed by atoms with E-state index in [-0.39, 0.29) is 23.2 Å². The van der Waals surface area contributed by atoms with Gasteiger partial charge in [-0.3, -0.25) is 4.79 Å². The van der Waals surface area contributed by atoms with Gasteiger partial charge in [0, 0.05) is 25.7 Å². The van der Waals surface area contributed by atoms with Gasteiger partial charge in [-0.25, -0.2) is 9.37 Å². The molecule has 0 atom stereocenters. The summed E-state index contributed by atoms with van der Waals surface area (Å²) in [4.78, 5) is 15.0. The van der Waals surface area contributed by atoms with Gasteiger partial charge in [-0.1, -0.05) is 18.5 Å². The number of nitrogens with one attached hydrogen (secondary N) is 2. The molecule has 0 bridgehead atoms. The second kappa shape index (κ2) is 7.06. The highest BCUT2D eigenvalue weighted by atomic mass is 35.5. The fourth-order valence-electron chi connectivity index (χ4n) is 1.19. The fourth-order valence-corrected chi connectivity index (χ4v) is 1.34. The Hall–Kier alpha value is -1.36. The van der Waals surface area contributed by atoms with Crippen LogP contribution in [0.25, 0.3) is 0 Å². The van der Waals surface area contributed by atoms with Crippen LogP contribution in [0.4, 0.5) is 10.2 Å². The van der Waals surface area contributed by atoms with Crippen LogP contribution < -0.4 is 10.6 Å². The van der Waals surface area contributed by atoms with Gasteiger partial charge in [-0.15, -0.1) is 0 Å². The third kappa shape index (κ3) is 4.99. The quantitative estimate of drug-likeness (QED) is 0.824. The molecule has 0 spiro atoms. The monoisotopic (exact) mass is 259 g/mol. The topological polar surface area (TPSA) is 54.0 Å². The summed E-state index contributed by atoms with van der Waals surface area (Å²) in [7, 11) is 0. The van der Waals surface area contributed by atoms with Crippen molar-refractivity contribution in [2.45, 2.75) is 19.8 Å². The lowest BCUT2D eigenvalue weighted by Crippen LogP contribution is -2.26. The highest BCUT2D eigenvalue weighted by molar-refractivity contribution is 6.30. The van der Waals surface area contributed by atoms with Crippen molar-refractivity contribution in [1.82, 2.24) is 10.3 Å². The smallest absolute Gasteiger partial charge is 0.221 e. The molecular formula is C11H15ClFN3O. The molecule has 0 radical (unpaired) electrons. The number of nitrogens with zero attached hydrogens (tertiary/aromatic N) is 1. The molecule has 1 heterocycles. The van der Waals surface area contributed by atoms with E-state index >= 15 is 0 Å². The minimum absolute atomic E-state index is 0.0614. The van der Waals surface area contributed by atoms with Gasteiger partial charge in [-0.05, 0) is 12.5 Å². The SMILES string of the molecule is CCCNC(=O)CCNc1ncc(Cl)cc1F. The summed E-state index contributed by atoms with van der Waals surface area (Å²) in [6.07, 6.45) is 2.53. The Morgan fingerprint density at radius 1 is 1.53 bits per heavy atom. The maximum Gasteiger partial charge on any atom is 0.221 e. The third-order valence-electron chi connectivity index (χ3n) is 2.02. The van der Waals surface area contributed by atoms with Crippen molar-refractivity contribution in [3.05, 3.63) is 23.1 Å². The van der Waals surface area contributed by atoms with Gasteiger partial charge in [0.05, 0.1) is 5.02 Å². The van der Waals surface area contributed by atoms with E-state index in [1.54, 1.807) is 0 Å². The zero-order valence-corrected chi connectivity index (χ0v) is 10.4. The predicted octanol–water partition coefficient (Wildman–Crippen LogP) is 2.20. The number of amides is 1. The molecular weight excluding hydrogens is 245 g/mol. The minimum Gasteiger partial charge on any atom is -0.367 e. The van der Waals surface area contributed by atoms with Gasteiger partial charge in [0.25, 0.3) is 0 Å². The zero-order valence-electron chi connectivity index (χ0n) is 9.59. The first-order valence-electron chi connectivity index (χ1n) is 5.45. The first-order valence-corrected chi connectivity index (χ1v) is 5.83. The van der Waals surface area contributed by atoms with Gasteiger partial charge in [0.1, 0.15) is 0 Å². The van der Waals surface area contributed by atoms with Crippen LogP contribution in [0.15, 0.2) is 12.3 Å². The number of rotatable bonds is 6. The van der Waals surface area contributed by atoms with Crippen LogP contribution in [0.1, 0.15) is 19.8 Å². The predicted molar refractivity (Wildman–Crippen MR) is 65.6 cm³/mol. The average Bonchev–Trinajstić information content (AvgIpc) is 2.29. The van der Waals surface area contributed by atoms with E-state index in [1.807, 2.05) is 6.92 Å². The lowest BCUT2D eigenvalue weighted by molar-refractivity contribution is -0.120. The number of anilines is 1. The molecule has 1 aromatic rings. The Morgan fingerprint density at radius 2 is 2.29 bits per heavy atom. The molecule has 17 heavy (non-hydrogen) atoms. The Balaban J connectivity index is 2.33. The van der Waals surface area contributed by atoms with Gasteiger partial charge in [0.15, 0.2) is 11.6 Å². The highest BCUT2D eigenvalue weighted by Gasteiger charge is 2.05. The van der Waals surface area contributed by atoms with Crippen LogP contribution in [0.2, 0.25) is 5.02 Å². The summed E-state index contributed by atoms with van der Waals surface area (Å²) in [6, 6.07) is 1.17. The fraction of sp³-hybridized carbons (Fsp3) is 0.455. The van der Waals surface area contributed by atoms with Crippen molar-refractivity contribution in [2.24, 2.45) is 0 Å². The zero-order chi connectivity index (χ0) is 12.7. The van der Waals surface area contributed by atoms with Crippen molar-refractivity contribution in [1.29, 1.82) is 0 Å². The largest absolute Gasteiger partial charge is 0.367 e. The maximum atomic E-state index is 13.3. The van der Waals surface area contributed by atoms with Gasteiger partial charge >= 0.3 is 0 Å². The van der Waals surface area contributed by atoms with E-state index in [0.717, 1.165) is 6.42 Å². The van der Waals surface area contributed by atoms with Crippen LogP contribution >= 0.6 is 11.6 Å². The molecule has 0 aliphatic carbocycles. The second-order valence-electron chi connectivity index (χ2n) is 3.51. The molecule has 4 nitrogen and oxygen atoms in total. The molecule has 1 rings (SSSR count). The maximum absolute atomic E-state index is 13.3. The first kappa shape index (κ1) is 13.7. The minimum atomic E-state index is -0.522. The van der Waals surface area contributed by atoms with E-state index in [9.17, 15) is 9.18 Å². The van der Waals surface area contributed by atoms with E-state index in [4.69, 9.17) is 11.6 Å². The normalized spacial score (nSPS) is 10.1. The van der Waals surface area contributed by atoms with Crippen molar-refractivity contribution < 1.29 is 9.18 Å². The van der Waals surface area contributed by atoms with Crippen LogP contribution in [-0.4, -0.2) is 24.0 Å². The number of carbonyl (C=O) groups excluding carboxylic acids is 1. The van der Waals surface area contributed by atoms with Crippen LogP contribution in [0, 0.1) is 5.82 Å². The lowest BCUT2D eigenvalue weighted by atomic mass is 10.3. The van der Waals surface area contributed by atoms with Crippen molar-refractivity contribution in [3.8, 4) is 0 Å². The number of aromatic nitrogens is 1. The Morgan fingerprint density at radius 3 is 2.94 bits per heavy atom. The second-order valence-corrected chi connectivity index (χ2v) is 3.95. The summed E-state index contributed by atoms with van der Waals surface area (Å²) in [5, 5.41) is 5.71. The molecule has 0 aromatic carbocycles. The van der Waals surface area contributed by atoms with Crippen LogP contribution in [-0.2, 0) is 4.79 Å². The number of hydrogen-bond acceptors (Lipinski definition) is 3. The lowest BCUT2D eigenvalue weighted by Gasteiger charge is -2.07. The van der Waals surface area contributed by atoms with Crippen LogP contribution in [0.3, 0.4) is 0 Å². The van der Waals surface area contributed by atoms with Gasteiger partial charge in [-0.2, -0.15) is 0 Å². The Bertz CT molecular complexity index is 387. The number of halogens is 2. The summed E-state index contributed by atoms with van der Waals surface area (Å²) >= 11 is 5.56. The van der Waals surface area contributed by atoms with Gasteiger partial charge < -0.3 is 10.6 Å². The summed E-state index contributed by atoms with van der Waals surface area (Å²) in [5.74, 6) is -0.474. The van der Waals surface area contributed by atoms with Gasteiger partial charge in [0.2, 0.25) is 5.91 Å². The number of carbonyl (C=O) groups is 1. The molecule has 0 unspecified atom stereocenters. The molecule has 0 aliphatic rings. The summed E-state index contributed by atoms with van der Waals surface area (Å²) in [6.45, 7) is 2.97. The molecule has 6 heteroatoms. The van der Waals surface area contributed by atoms with E-state index < -0.39 is 5.82 Å². The molecule has 1 amide bonds. The molecule has 0 saturated heterocycles. The van der Waals surface area contributed by atoms with Crippen molar-refractivity contribution >= 4 is 23.3 Å². The standard InChI is InChI=1S/C11H15ClFN3O/c1-2-4-14-10(17)3-5-15-11-9(13)6-8(12)7-16-11/h6-7H,2-5H2,1H3,(H,14,17)(H,15,16). The molecule has 1 aromatic heterocycles. The molecule has 0 aliphatic heterocycles. The Labute approximate surface area is 105 Å². The van der Waals surface area contributed by atoms with Crippen LogP contribution in [0.5, 0.6) is 0 Å². The highest BCUT2D eigenvalue weighted by Crippen LogP contribution is 2.15. The van der Waals surface area contributed by atoms with E-state index in [1.165, 1.54) is 12.3 Å². The number of pyridine rings is 1. The average molecular weight is 260 g/mol. The van der Waals surface area contributed by atoms with E-state index in [0.29, 0.717) is 13.1 Å². The van der Waals surface area contributed by atoms with Crippen molar-refractivity contribution in [3.63, 3.8) is 0 Å². The molecule has 0 saturated carbocycles. The summed E-state index contributed by atoms with van der Waals surface area (Å²) < 4.78 is 13.3. The summed E-state index contributed by atoms with van der Waals surface area (Å²) in [5.41, 5.74) is 0. The van der Waals surface area contributed by atoms with Crippen molar-refractivity contribution in [2.75, 3.05) is 18.4 Å². The first-order chi connectivity index (χ1) is 8.13. The van der Waals surface area contributed by atoms with E-state index in [2.05, 4.69) is 15.6 Å². The third-order valence-corrected chi connectivity index (χ3v) is 2.23. The molecule has 2 N–H and O–H groups in total.